The van der Waals surface area contributed by atoms with E-state index in [1.165, 1.54) is 43.4 Å². The summed E-state index contributed by atoms with van der Waals surface area (Å²) in [5.41, 5.74) is 0.195. The van der Waals surface area contributed by atoms with Crippen LogP contribution in [0.15, 0.2) is 0 Å². The molecule has 5 rings (SSSR count). The van der Waals surface area contributed by atoms with Crippen LogP contribution in [0, 0.1) is 17.8 Å². The predicted octanol–water partition coefficient (Wildman–Crippen LogP) is 1.10. The van der Waals surface area contributed by atoms with E-state index in [1.54, 1.807) is 0 Å². The molecule has 5 heteroatoms. The van der Waals surface area contributed by atoms with E-state index in [1.807, 2.05) is 0 Å². The molecule has 5 aliphatic rings. The number of rotatable bonds is 3. The molecule has 0 radical (unpaired) electrons. The number of carbonyl (C=O) groups is 2. The number of urea groups is 1. The van der Waals surface area contributed by atoms with E-state index in [-0.39, 0.29) is 17.5 Å². The molecule has 1 aliphatic heterocycles. The van der Waals surface area contributed by atoms with Gasteiger partial charge in [0.2, 0.25) is 5.91 Å². The molecule has 0 aromatic heterocycles. The standard InChI is InChI=1S/C15H23N3O2/c19-13(18-2-1-16-14(18)20)9-17-15-6-10-3-11(7-15)5-12(4-10)8-15/h10-12,17H,1-9H2,(H,16,20). The Hall–Kier alpha value is -1.10. The predicted molar refractivity (Wildman–Crippen MR) is 74.0 cm³/mol. The van der Waals surface area contributed by atoms with Crippen molar-refractivity contribution < 1.29 is 9.59 Å². The lowest BCUT2D eigenvalue weighted by atomic mass is 9.53. The second-order valence-electron chi connectivity index (χ2n) is 7.33. The summed E-state index contributed by atoms with van der Waals surface area (Å²) in [5, 5.41) is 6.24. The van der Waals surface area contributed by atoms with Crippen molar-refractivity contribution in [2.45, 2.75) is 44.1 Å². The average Bonchev–Trinajstić information content (AvgIpc) is 2.81. The second-order valence-corrected chi connectivity index (χ2v) is 7.33. The molecule has 110 valence electrons. The summed E-state index contributed by atoms with van der Waals surface area (Å²) >= 11 is 0. The topological polar surface area (TPSA) is 61.4 Å². The molecule has 0 aromatic carbocycles. The fourth-order valence-corrected chi connectivity index (χ4v) is 5.40. The van der Waals surface area contributed by atoms with E-state index < -0.39 is 0 Å². The first-order valence-electron chi connectivity index (χ1n) is 7.97. The van der Waals surface area contributed by atoms with Gasteiger partial charge in [0.1, 0.15) is 0 Å². The van der Waals surface area contributed by atoms with Crippen LogP contribution in [0.5, 0.6) is 0 Å². The van der Waals surface area contributed by atoms with Gasteiger partial charge in [-0.05, 0) is 56.3 Å². The normalized spacial score (nSPS) is 42.1. The highest BCUT2D eigenvalue weighted by atomic mass is 16.2. The van der Waals surface area contributed by atoms with E-state index in [2.05, 4.69) is 10.6 Å². The van der Waals surface area contributed by atoms with Crippen molar-refractivity contribution in [1.82, 2.24) is 15.5 Å². The first kappa shape index (κ1) is 12.6. The number of carbonyl (C=O) groups excluding carboxylic acids is 2. The molecule has 4 aliphatic carbocycles. The summed E-state index contributed by atoms with van der Waals surface area (Å²) in [4.78, 5) is 25.0. The summed E-state index contributed by atoms with van der Waals surface area (Å²) in [6.45, 7) is 1.42. The van der Waals surface area contributed by atoms with Crippen LogP contribution >= 0.6 is 0 Å². The molecule has 1 saturated heterocycles. The third-order valence-corrected chi connectivity index (χ3v) is 5.81. The number of imide groups is 1. The van der Waals surface area contributed by atoms with Crippen molar-refractivity contribution in [3.63, 3.8) is 0 Å². The van der Waals surface area contributed by atoms with Gasteiger partial charge in [0.25, 0.3) is 0 Å². The smallest absolute Gasteiger partial charge is 0.324 e. The van der Waals surface area contributed by atoms with Crippen LogP contribution in [0.25, 0.3) is 0 Å². The highest BCUT2D eigenvalue weighted by molar-refractivity contribution is 5.96. The van der Waals surface area contributed by atoms with Crippen molar-refractivity contribution in [3.8, 4) is 0 Å². The molecule has 4 bridgehead atoms. The molecule has 0 atom stereocenters. The fraction of sp³-hybridized carbons (Fsp3) is 0.867. The Morgan fingerprint density at radius 3 is 2.30 bits per heavy atom. The van der Waals surface area contributed by atoms with Crippen molar-refractivity contribution in [3.05, 3.63) is 0 Å². The van der Waals surface area contributed by atoms with Crippen molar-refractivity contribution in [1.29, 1.82) is 0 Å². The number of nitrogens with zero attached hydrogens (tertiary/aromatic N) is 1. The first-order valence-corrected chi connectivity index (χ1v) is 7.97. The summed E-state index contributed by atoms with van der Waals surface area (Å²) < 4.78 is 0. The van der Waals surface area contributed by atoms with Crippen LogP contribution in [-0.4, -0.2) is 42.0 Å². The Morgan fingerprint density at radius 1 is 1.20 bits per heavy atom. The van der Waals surface area contributed by atoms with E-state index in [0.717, 1.165) is 17.8 Å². The average molecular weight is 277 g/mol. The molecule has 5 fully saturated rings. The summed E-state index contributed by atoms with van der Waals surface area (Å²) in [6, 6.07) is -0.234. The van der Waals surface area contributed by atoms with E-state index >= 15 is 0 Å². The zero-order chi connectivity index (χ0) is 13.7. The van der Waals surface area contributed by atoms with Crippen LogP contribution in [-0.2, 0) is 4.79 Å². The van der Waals surface area contributed by atoms with Crippen LogP contribution in [0.2, 0.25) is 0 Å². The third-order valence-electron chi connectivity index (χ3n) is 5.81. The number of nitrogens with one attached hydrogen (secondary N) is 2. The molecule has 5 nitrogen and oxygen atoms in total. The van der Waals surface area contributed by atoms with E-state index in [9.17, 15) is 9.59 Å². The van der Waals surface area contributed by atoms with E-state index in [4.69, 9.17) is 0 Å². The van der Waals surface area contributed by atoms with Crippen LogP contribution in [0.3, 0.4) is 0 Å². The molecule has 20 heavy (non-hydrogen) atoms. The number of amides is 3. The van der Waals surface area contributed by atoms with Gasteiger partial charge in [-0.15, -0.1) is 0 Å². The molecule has 4 saturated carbocycles. The Kier molecular flexibility index (Phi) is 2.81. The molecule has 1 heterocycles. The molecule has 0 aromatic rings. The van der Waals surface area contributed by atoms with Crippen molar-refractivity contribution in [2.24, 2.45) is 17.8 Å². The van der Waals surface area contributed by atoms with Gasteiger partial charge in [-0.25, -0.2) is 4.79 Å². The lowest BCUT2D eigenvalue weighted by Gasteiger charge is -2.57. The minimum absolute atomic E-state index is 0.0734. The Bertz CT molecular complexity index is 413. The quantitative estimate of drug-likeness (QED) is 0.812. The minimum atomic E-state index is -0.234. The molecule has 2 N–H and O–H groups in total. The van der Waals surface area contributed by atoms with Crippen LogP contribution < -0.4 is 10.6 Å². The van der Waals surface area contributed by atoms with Gasteiger partial charge in [-0.3, -0.25) is 9.69 Å². The zero-order valence-corrected chi connectivity index (χ0v) is 11.9. The SMILES string of the molecule is O=C(CNC12CC3CC(CC(C3)C1)C2)N1CCNC1=O. The maximum atomic E-state index is 12.2. The second kappa shape index (κ2) is 4.45. The van der Waals surface area contributed by atoms with Gasteiger partial charge < -0.3 is 10.6 Å². The number of hydrogen-bond acceptors (Lipinski definition) is 3. The summed E-state index contributed by atoms with van der Waals surface area (Å²) in [7, 11) is 0. The molecule has 3 amide bonds. The first-order chi connectivity index (χ1) is 9.63. The lowest BCUT2D eigenvalue weighted by Crippen LogP contribution is -2.60. The van der Waals surface area contributed by atoms with Gasteiger partial charge >= 0.3 is 6.03 Å². The lowest BCUT2D eigenvalue weighted by molar-refractivity contribution is -0.127. The van der Waals surface area contributed by atoms with E-state index in [0.29, 0.717) is 19.6 Å². The number of hydrogen-bond donors (Lipinski definition) is 2. The highest BCUT2D eigenvalue weighted by Crippen LogP contribution is 2.55. The molecular formula is C15H23N3O2. The maximum absolute atomic E-state index is 12.2. The van der Waals surface area contributed by atoms with Crippen molar-refractivity contribution >= 4 is 11.9 Å². The Balaban J connectivity index is 1.39. The largest absolute Gasteiger partial charge is 0.336 e. The summed E-state index contributed by atoms with van der Waals surface area (Å²) in [5.74, 6) is 2.55. The zero-order valence-electron chi connectivity index (χ0n) is 11.9. The van der Waals surface area contributed by atoms with Gasteiger partial charge in [0.15, 0.2) is 0 Å². The minimum Gasteiger partial charge on any atom is -0.336 e. The molecular weight excluding hydrogens is 254 g/mol. The third kappa shape index (κ3) is 2.03. The molecule has 0 unspecified atom stereocenters. The van der Waals surface area contributed by atoms with Gasteiger partial charge in [-0.1, -0.05) is 0 Å². The summed E-state index contributed by atoms with van der Waals surface area (Å²) in [6.07, 6.45) is 7.92. The van der Waals surface area contributed by atoms with Gasteiger partial charge in [0, 0.05) is 18.6 Å². The van der Waals surface area contributed by atoms with Crippen LogP contribution in [0.4, 0.5) is 4.79 Å². The molecule has 0 spiro atoms. The van der Waals surface area contributed by atoms with Gasteiger partial charge in [0.05, 0.1) is 6.54 Å². The maximum Gasteiger partial charge on any atom is 0.324 e. The highest BCUT2D eigenvalue weighted by Gasteiger charge is 2.50. The van der Waals surface area contributed by atoms with Crippen LogP contribution in [0.1, 0.15) is 38.5 Å². The fourth-order valence-electron chi connectivity index (χ4n) is 5.40. The monoisotopic (exact) mass is 277 g/mol. The Labute approximate surface area is 119 Å². The Morgan fingerprint density at radius 2 is 1.80 bits per heavy atom. The van der Waals surface area contributed by atoms with Crippen molar-refractivity contribution in [2.75, 3.05) is 19.6 Å². The van der Waals surface area contributed by atoms with Gasteiger partial charge in [-0.2, -0.15) is 0 Å².